The molecule has 0 fully saturated rings. The molecule has 0 saturated heterocycles. The number of carbonyl (C=O) groups is 1. The number of carbonyl (C=O) groups excluding carboxylic acids is 1. The Balaban J connectivity index is 2.69. The van der Waals surface area contributed by atoms with Crippen molar-refractivity contribution in [2.75, 3.05) is 6.54 Å². The minimum atomic E-state index is -0.579. The van der Waals surface area contributed by atoms with Gasteiger partial charge in [0.25, 0.3) is 5.91 Å². The molecule has 0 saturated carbocycles. The maximum Gasteiger partial charge on any atom is 0.261 e. The van der Waals surface area contributed by atoms with E-state index >= 15 is 0 Å². The number of rotatable bonds is 5. The normalized spacial score (nSPS) is 12.9. The number of aryl methyl sites for hydroxylation is 1. The zero-order valence-corrected chi connectivity index (χ0v) is 13.4. The van der Waals surface area contributed by atoms with Crippen LogP contribution < -0.4 is 15.8 Å². The van der Waals surface area contributed by atoms with Gasteiger partial charge in [0.1, 0.15) is 5.75 Å². The third-order valence-electron chi connectivity index (χ3n) is 2.73. The third kappa shape index (κ3) is 4.84. The first-order valence-electron chi connectivity index (χ1n) is 6.20. The molecule has 0 aliphatic rings. The van der Waals surface area contributed by atoms with Gasteiger partial charge in [-0.25, -0.2) is 0 Å². The molecule has 1 aromatic carbocycles. The fourth-order valence-corrected chi connectivity index (χ4v) is 2.02. The van der Waals surface area contributed by atoms with Gasteiger partial charge in [0.15, 0.2) is 6.10 Å². The van der Waals surface area contributed by atoms with E-state index in [9.17, 15) is 4.79 Å². The van der Waals surface area contributed by atoms with E-state index in [0.717, 1.165) is 10.0 Å². The Morgan fingerprint density at radius 1 is 1.53 bits per heavy atom. The van der Waals surface area contributed by atoms with Gasteiger partial charge in [-0.3, -0.25) is 4.79 Å². The van der Waals surface area contributed by atoms with E-state index in [4.69, 9.17) is 10.5 Å². The summed E-state index contributed by atoms with van der Waals surface area (Å²) in [5.74, 6) is 0.474. The minimum absolute atomic E-state index is 0.178. The molecule has 1 rings (SSSR count). The molecule has 3 N–H and O–H groups in total. The number of hydrogen-bond donors (Lipinski definition) is 2. The van der Waals surface area contributed by atoms with E-state index in [1.165, 1.54) is 0 Å². The zero-order valence-electron chi connectivity index (χ0n) is 11.8. The molecule has 0 aliphatic carbocycles. The quantitative estimate of drug-likeness (QED) is 0.872. The van der Waals surface area contributed by atoms with Crippen LogP contribution in [0, 0.1) is 6.92 Å². The Morgan fingerprint density at radius 2 is 2.16 bits per heavy atom. The van der Waals surface area contributed by atoms with Gasteiger partial charge in [-0.2, -0.15) is 0 Å². The molecular formula is C14H21BrN2O2. The van der Waals surface area contributed by atoms with Crippen molar-refractivity contribution in [2.45, 2.75) is 39.3 Å². The van der Waals surface area contributed by atoms with Gasteiger partial charge in [-0.1, -0.05) is 6.07 Å². The molecule has 0 aromatic heterocycles. The van der Waals surface area contributed by atoms with Gasteiger partial charge in [0.05, 0.1) is 4.47 Å². The highest BCUT2D eigenvalue weighted by atomic mass is 79.9. The van der Waals surface area contributed by atoms with E-state index < -0.39 is 11.6 Å². The summed E-state index contributed by atoms with van der Waals surface area (Å²) in [5.41, 5.74) is 6.28. The second-order valence-electron chi connectivity index (χ2n) is 5.27. The van der Waals surface area contributed by atoms with Gasteiger partial charge in [0, 0.05) is 12.1 Å². The number of nitrogens with one attached hydrogen (secondary N) is 1. The topological polar surface area (TPSA) is 64.3 Å². The van der Waals surface area contributed by atoms with Crippen LogP contribution in [0.15, 0.2) is 22.7 Å². The third-order valence-corrected chi connectivity index (χ3v) is 3.35. The summed E-state index contributed by atoms with van der Waals surface area (Å²) < 4.78 is 6.49. The highest BCUT2D eigenvalue weighted by Crippen LogP contribution is 2.26. The van der Waals surface area contributed by atoms with Crippen molar-refractivity contribution in [2.24, 2.45) is 5.73 Å². The Bertz CT molecular complexity index is 461. The average Bonchev–Trinajstić information content (AvgIpc) is 2.32. The summed E-state index contributed by atoms with van der Waals surface area (Å²) in [4.78, 5) is 12.0. The maximum atomic E-state index is 12.0. The Hall–Kier alpha value is -1.07. The molecule has 1 atom stereocenters. The second-order valence-corrected chi connectivity index (χ2v) is 6.13. The molecule has 1 aromatic rings. The summed E-state index contributed by atoms with van der Waals surface area (Å²) >= 11 is 3.42. The molecule has 0 bridgehead atoms. The first-order valence-corrected chi connectivity index (χ1v) is 6.99. The zero-order chi connectivity index (χ0) is 14.6. The van der Waals surface area contributed by atoms with E-state index in [0.29, 0.717) is 12.3 Å². The van der Waals surface area contributed by atoms with Gasteiger partial charge in [0.2, 0.25) is 0 Å². The summed E-state index contributed by atoms with van der Waals surface area (Å²) in [6, 6.07) is 5.73. The van der Waals surface area contributed by atoms with Crippen LogP contribution in [-0.4, -0.2) is 24.1 Å². The molecule has 5 heteroatoms. The maximum absolute atomic E-state index is 12.0. The highest BCUT2D eigenvalue weighted by Gasteiger charge is 2.23. The van der Waals surface area contributed by atoms with Crippen LogP contribution in [-0.2, 0) is 4.79 Å². The van der Waals surface area contributed by atoms with Crippen LogP contribution in [0.25, 0.3) is 0 Å². The summed E-state index contributed by atoms with van der Waals surface area (Å²) in [5, 5.41) is 2.85. The van der Waals surface area contributed by atoms with E-state index in [2.05, 4.69) is 21.2 Å². The van der Waals surface area contributed by atoms with Crippen molar-refractivity contribution in [3.63, 3.8) is 0 Å². The molecule has 0 spiro atoms. The molecule has 106 valence electrons. The monoisotopic (exact) mass is 328 g/mol. The number of ether oxygens (including phenoxy) is 1. The smallest absolute Gasteiger partial charge is 0.261 e. The number of nitrogens with two attached hydrogens (primary N) is 1. The second kappa shape index (κ2) is 6.39. The standard InChI is InChI=1S/C14H21BrN2O2/c1-9-5-6-12(11(15)7-9)19-10(2)13(18)17-14(3,4)8-16/h5-7,10H,8,16H2,1-4H3,(H,17,18). The van der Waals surface area contributed by atoms with Crippen molar-refractivity contribution in [1.29, 1.82) is 0 Å². The Morgan fingerprint density at radius 3 is 2.68 bits per heavy atom. The molecule has 4 nitrogen and oxygen atoms in total. The lowest BCUT2D eigenvalue weighted by atomic mass is 10.1. The van der Waals surface area contributed by atoms with Crippen molar-refractivity contribution in [3.8, 4) is 5.75 Å². The largest absolute Gasteiger partial charge is 0.480 e. The highest BCUT2D eigenvalue weighted by molar-refractivity contribution is 9.10. The van der Waals surface area contributed by atoms with E-state index in [1.54, 1.807) is 6.92 Å². The number of hydrogen-bond acceptors (Lipinski definition) is 3. The van der Waals surface area contributed by atoms with Crippen LogP contribution in [0.5, 0.6) is 5.75 Å². The first-order chi connectivity index (χ1) is 8.75. The Labute approximate surface area is 122 Å². The van der Waals surface area contributed by atoms with Crippen LogP contribution in [0.2, 0.25) is 0 Å². The molecule has 1 amide bonds. The summed E-state index contributed by atoms with van der Waals surface area (Å²) in [6.45, 7) is 7.83. The fourth-order valence-electron chi connectivity index (χ4n) is 1.43. The summed E-state index contributed by atoms with van der Waals surface area (Å²) in [7, 11) is 0. The first kappa shape index (κ1) is 16.0. The number of halogens is 1. The van der Waals surface area contributed by atoms with E-state index in [1.807, 2.05) is 39.0 Å². The van der Waals surface area contributed by atoms with Crippen LogP contribution >= 0.6 is 15.9 Å². The molecule has 0 heterocycles. The van der Waals surface area contributed by atoms with Crippen LogP contribution in [0.3, 0.4) is 0 Å². The predicted octanol–water partition coefficient (Wildman–Crippen LogP) is 2.38. The molecule has 1 unspecified atom stereocenters. The van der Waals surface area contributed by atoms with Gasteiger partial charge in [-0.05, 0) is 61.3 Å². The molecule has 19 heavy (non-hydrogen) atoms. The predicted molar refractivity (Wildman–Crippen MR) is 80.2 cm³/mol. The Kier molecular flexibility index (Phi) is 5.38. The van der Waals surface area contributed by atoms with Gasteiger partial charge >= 0.3 is 0 Å². The van der Waals surface area contributed by atoms with E-state index in [-0.39, 0.29) is 5.91 Å². The van der Waals surface area contributed by atoms with Crippen LogP contribution in [0.4, 0.5) is 0 Å². The van der Waals surface area contributed by atoms with Gasteiger partial charge in [-0.15, -0.1) is 0 Å². The van der Waals surface area contributed by atoms with Gasteiger partial charge < -0.3 is 15.8 Å². The summed E-state index contributed by atoms with van der Waals surface area (Å²) in [6.07, 6.45) is -0.579. The number of benzene rings is 1. The van der Waals surface area contributed by atoms with Crippen molar-refractivity contribution in [3.05, 3.63) is 28.2 Å². The molecule has 0 aliphatic heterocycles. The van der Waals surface area contributed by atoms with Crippen molar-refractivity contribution >= 4 is 21.8 Å². The lowest BCUT2D eigenvalue weighted by Crippen LogP contribution is -2.52. The lowest BCUT2D eigenvalue weighted by Gasteiger charge is -2.26. The number of amides is 1. The lowest BCUT2D eigenvalue weighted by molar-refractivity contribution is -0.128. The minimum Gasteiger partial charge on any atom is -0.480 e. The molecular weight excluding hydrogens is 308 g/mol. The van der Waals surface area contributed by atoms with Crippen molar-refractivity contribution < 1.29 is 9.53 Å². The fraction of sp³-hybridized carbons (Fsp3) is 0.500. The molecule has 0 radical (unpaired) electrons. The average molecular weight is 329 g/mol. The van der Waals surface area contributed by atoms with Crippen LogP contribution in [0.1, 0.15) is 26.3 Å². The van der Waals surface area contributed by atoms with Crippen molar-refractivity contribution in [1.82, 2.24) is 5.32 Å². The SMILES string of the molecule is Cc1ccc(OC(C)C(=O)NC(C)(C)CN)c(Br)c1.